The smallest absolute Gasteiger partial charge is 0.336 e. The van der Waals surface area contributed by atoms with Crippen LogP contribution in [-0.4, -0.2) is 22.3 Å². The summed E-state index contributed by atoms with van der Waals surface area (Å²) in [5, 5.41) is 8.42. The molecule has 1 rings (SSSR count). The fourth-order valence-electron chi connectivity index (χ4n) is 0.587. The molecular weight excluding hydrogens is 150 g/mol. The third-order valence-corrected chi connectivity index (χ3v) is 1.36. The molecule has 3 nitrogen and oxygen atoms in total. The quantitative estimate of drug-likeness (QED) is 0.570. The molecule has 4 heteroatoms. The van der Waals surface area contributed by atoms with Crippen LogP contribution in [0.3, 0.4) is 0 Å². The Morgan fingerprint density at radius 2 is 2.50 bits per heavy atom. The van der Waals surface area contributed by atoms with E-state index in [-0.39, 0.29) is 5.57 Å². The van der Waals surface area contributed by atoms with Crippen LogP contribution in [-0.2, 0) is 4.79 Å². The zero-order valence-electron chi connectivity index (χ0n) is 5.07. The Morgan fingerprint density at radius 1 is 1.80 bits per heavy atom. The average Bonchev–Trinajstić information content (AvgIpc) is 1.88. The van der Waals surface area contributed by atoms with E-state index in [0.29, 0.717) is 11.4 Å². The molecule has 0 saturated heterocycles. The largest absolute Gasteiger partial charge is 0.478 e. The van der Waals surface area contributed by atoms with Gasteiger partial charge in [-0.2, -0.15) is 0 Å². The summed E-state index contributed by atoms with van der Waals surface area (Å²) in [5.41, 5.74) is 0.216. The summed E-state index contributed by atoms with van der Waals surface area (Å²) in [7, 11) is 0. The van der Waals surface area contributed by atoms with E-state index in [0.717, 1.165) is 0 Å². The van der Waals surface area contributed by atoms with Crippen LogP contribution in [0.2, 0.25) is 0 Å². The Morgan fingerprint density at radius 3 is 2.90 bits per heavy atom. The third-order valence-electron chi connectivity index (χ3n) is 1.09. The van der Waals surface area contributed by atoms with Crippen LogP contribution in [0.1, 0.15) is 6.42 Å². The SMILES string of the molecule is O=C(O)C1=CCC(=S)N=C1. The fourth-order valence-corrected chi connectivity index (χ4v) is 0.723. The highest BCUT2D eigenvalue weighted by Gasteiger charge is 2.07. The van der Waals surface area contributed by atoms with E-state index in [2.05, 4.69) is 4.99 Å². The Kier molecular flexibility index (Phi) is 1.91. The molecule has 0 unspecified atom stereocenters. The summed E-state index contributed by atoms with van der Waals surface area (Å²) in [4.78, 5) is 14.5. The second-order valence-electron chi connectivity index (χ2n) is 1.82. The number of hydrogen-bond donors (Lipinski definition) is 1. The second kappa shape index (κ2) is 2.70. The van der Waals surface area contributed by atoms with Gasteiger partial charge in [-0.3, -0.25) is 0 Å². The number of dihydropyridines is 1. The molecule has 0 radical (unpaired) electrons. The highest BCUT2D eigenvalue weighted by atomic mass is 32.1. The first-order chi connectivity index (χ1) is 4.70. The number of thiocarbonyl (C=S) groups is 1. The standard InChI is InChI=1S/C6H5NO2S/c8-6(9)4-1-2-5(10)7-3-4/h1,3H,2H2,(H,8,9). The van der Waals surface area contributed by atoms with Gasteiger partial charge in [-0.15, -0.1) is 0 Å². The Labute approximate surface area is 63.1 Å². The van der Waals surface area contributed by atoms with Crippen LogP contribution in [0.15, 0.2) is 16.6 Å². The minimum atomic E-state index is -0.953. The summed E-state index contributed by atoms with van der Waals surface area (Å²) < 4.78 is 0. The van der Waals surface area contributed by atoms with Gasteiger partial charge in [0.05, 0.1) is 5.57 Å². The summed E-state index contributed by atoms with van der Waals surface area (Å²) in [6.45, 7) is 0. The minimum absolute atomic E-state index is 0.216. The third kappa shape index (κ3) is 1.48. The lowest BCUT2D eigenvalue weighted by atomic mass is 10.2. The molecule has 0 aromatic heterocycles. The molecular formula is C6H5NO2S. The number of rotatable bonds is 1. The van der Waals surface area contributed by atoms with Gasteiger partial charge in [0.1, 0.15) is 4.99 Å². The molecule has 1 heterocycles. The van der Waals surface area contributed by atoms with Crippen molar-refractivity contribution < 1.29 is 9.90 Å². The van der Waals surface area contributed by atoms with Crippen molar-refractivity contribution in [2.75, 3.05) is 0 Å². The first-order valence-corrected chi connectivity index (χ1v) is 3.11. The van der Waals surface area contributed by atoms with Crippen molar-refractivity contribution >= 4 is 29.4 Å². The molecule has 0 aromatic carbocycles. The number of carbonyl (C=O) groups is 1. The van der Waals surface area contributed by atoms with Crippen LogP contribution in [0, 0.1) is 0 Å². The van der Waals surface area contributed by atoms with E-state index in [1.165, 1.54) is 6.21 Å². The Balaban J connectivity index is 2.77. The number of carboxylic acid groups (broad SMARTS) is 1. The van der Waals surface area contributed by atoms with Gasteiger partial charge in [-0.25, -0.2) is 9.79 Å². The second-order valence-corrected chi connectivity index (χ2v) is 2.29. The van der Waals surface area contributed by atoms with Crippen molar-refractivity contribution in [2.24, 2.45) is 4.99 Å². The van der Waals surface area contributed by atoms with Crippen molar-refractivity contribution in [1.82, 2.24) is 0 Å². The first-order valence-electron chi connectivity index (χ1n) is 2.70. The summed E-state index contributed by atoms with van der Waals surface area (Å²) in [6, 6.07) is 0. The lowest BCUT2D eigenvalue weighted by molar-refractivity contribution is -0.132. The maximum Gasteiger partial charge on any atom is 0.336 e. The van der Waals surface area contributed by atoms with Crippen molar-refractivity contribution in [3.63, 3.8) is 0 Å². The monoisotopic (exact) mass is 155 g/mol. The average molecular weight is 155 g/mol. The summed E-state index contributed by atoms with van der Waals surface area (Å²) in [6.07, 6.45) is 3.29. The van der Waals surface area contributed by atoms with Gasteiger partial charge < -0.3 is 5.11 Å². The predicted molar refractivity (Wildman–Crippen MR) is 41.4 cm³/mol. The van der Waals surface area contributed by atoms with Crippen LogP contribution in [0.25, 0.3) is 0 Å². The highest BCUT2D eigenvalue weighted by Crippen LogP contribution is 2.03. The van der Waals surface area contributed by atoms with Crippen molar-refractivity contribution in [3.8, 4) is 0 Å². The number of aliphatic imine (C=N–C) groups is 1. The summed E-state index contributed by atoms with van der Waals surface area (Å²) in [5.74, 6) is -0.953. The molecule has 0 spiro atoms. The molecule has 0 atom stereocenters. The van der Waals surface area contributed by atoms with E-state index in [4.69, 9.17) is 17.3 Å². The van der Waals surface area contributed by atoms with Gasteiger partial charge in [0.2, 0.25) is 0 Å². The van der Waals surface area contributed by atoms with Gasteiger partial charge in [-0.05, 0) is 0 Å². The molecule has 0 amide bonds. The van der Waals surface area contributed by atoms with Crippen LogP contribution in [0.5, 0.6) is 0 Å². The van der Waals surface area contributed by atoms with Crippen molar-refractivity contribution in [1.29, 1.82) is 0 Å². The molecule has 0 aliphatic carbocycles. The normalized spacial score (nSPS) is 16.8. The molecule has 1 aliphatic rings. The fraction of sp³-hybridized carbons (Fsp3) is 0.167. The number of hydrogen-bond acceptors (Lipinski definition) is 2. The van der Waals surface area contributed by atoms with Gasteiger partial charge in [0.25, 0.3) is 0 Å². The van der Waals surface area contributed by atoms with Gasteiger partial charge in [-0.1, -0.05) is 18.3 Å². The van der Waals surface area contributed by atoms with Crippen molar-refractivity contribution in [2.45, 2.75) is 6.42 Å². The lowest BCUT2D eigenvalue weighted by Crippen LogP contribution is -2.07. The minimum Gasteiger partial charge on any atom is -0.478 e. The highest BCUT2D eigenvalue weighted by molar-refractivity contribution is 7.80. The van der Waals surface area contributed by atoms with Crippen LogP contribution < -0.4 is 0 Å². The molecule has 52 valence electrons. The lowest BCUT2D eigenvalue weighted by Gasteiger charge is -2.00. The zero-order chi connectivity index (χ0) is 7.56. The molecule has 0 fully saturated rings. The van der Waals surface area contributed by atoms with Crippen LogP contribution in [0.4, 0.5) is 0 Å². The molecule has 0 bridgehead atoms. The van der Waals surface area contributed by atoms with Gasteiger partial charge >= 0.3 is 5.97 Å². The van der Waals surface area contributed by atoms with E-state index >= 15 is 0 Å². The summed E-state index contributed by atoms with van der Waals surface area (Å²) >= 11 is 4.71. The topological polar surface area (TPSA) is 49.7 Å². The van der Waals surface area contributed by atoms with Gasteiger partial charge in [0, 0.05) is 12.6 Å². The maximum atomic E-state index is 10.3. The van der Waals surface area contributed by atoms with E-state index in [1.54, 1.807) is 6.08 Å². The molecule has 1 N–H and O–H groups in total. The van der Waals surface area contributed by atoms with E-state index in [9.17, 15) is 4.79 Å². The zero-order valence-corrected chi connectivity index (χ0v) is 5.89. The number of nitrogens with zero attached hydrogens (tertiary/aromatic N) is 1. The molecule has 0 saturated carbocycles. The van der Waals surface area contributed by atoms with Gasteiger partial charge in [0.15, 0.2) is 0 Å². The Bertz CT molecular complexity index is 242. The van der Waals surface area contributed by atoms with E-state index < -0.39 is 5.97 Å². The van der Waals surface area contributed by atoms with Crippen molar-refractivity contribution in [3.05, 3.63) is 11.6 Å². The number of carboxylic acids is 1. The number of aliphatic carboxylic acids is 1. The maximum absolute atomic E-state index is 10.3. The first kappa shape index (κ1) is 7.08. The molecule has 1 aliphatic heterocycles. The predicted octanol–water partition coefficient (Wildman–Crippen LogP) is 0.799. The van der Waals surface area contributed by atoms with Crippen LogP contribution >= 0.6 is 12.2 Å². The molecule has 10 heavy (non-hydrogen) atoms. The Hall–Kier alpha value is -1.03. The molecule has 0 aromatic rings. The van der Waals surface area contributed by atoms with E-state index in [1.807, 2.05) is 0 Å².